The zero-order chi connectivity index (χ0) is 41.3. The smallest absolute Gasteiger partial charge is 0.259 e. The van der Waals surface area contributed by atoms with Gasteiger partial charge in [0.25, 0.3) is 5.91 Å². The van der Waals surface area contributed by atoms with Crippen LogP contribution in [0.25, 0.3) is 22.2 Å². The van der Waals surface area contributed by atoms with Crippen LogP contribution in [0.5, 0.6) is 11.5 Å². The number of likely N-dealkylation sites (tertiary alicyclic amines) is 1. The van der Waals surface area contributed by atoms with E-state index in [-0.39, 0.29) is 37.6 Å². The molecule has 2 N–H and O–H groups in total. The van der Waals surface area contributed by atoms with Gasteiger partial charge >= 0.3 is 0 Å². The van der Waals surface area contributed by atoms with E-state index in [0.29, 0.717) is 61.0 Å². The highest BCUT2D eigenvalue weighted by Crippen LogP contribution is 2.46. The van der Waals surface area contributed by atoms with Crippen LogP contribution in [0.4, 0.5) is 0 Å². The van der Waals surface area contributed by atoms with Gasteiger partial charge in [0, 0.05) is 60.8 Å². The minimum atomic E-state index is -3.89. The number of hydrogen-bond donors (Lipinski definition) is 2. The summed E-state index contributed by atoms with van der Waals surface area (Å²) < 4.78 is 40.5. The molecule has 4 amide bonds. The molecule has 2 saturated carbocycles. The van der Waals surface area contributed by atoms with E-state index in [2.05, 4.69) is 17.0 Å². The largest absolute Gasteiger partial charge is 0.497 e. The Morgan fingerprint density at radius 2 is 1.80 bits per heavy atom. The third-order valence-electron chi connectivity index (χ3n) is 12.7. The second kappa shape index (κ2) is 16.9. The SMILES string of the molecule is COc1ccc2c(O[C@@H]3C[C@H]4C(=O)N[C@]5(C(=O)NS(=O)(=O)C6CC6)C[C@@H]5/C=C\CCCCC[C@H](CC(=O)N5CCCC(C)C5)C(=O)N4C3)cc(-c3ccccc3)nc2c1. The Balaban J connectivity index is 1.12. The van der Waals surface area contributed by atoms with Gasteiger partial charge in [0.05, 0.1) is 30.1 Å². The van der Waals surface area contributed by atoms with Crippen molar-refractivity contribution in [2.75, 3.05) is 26.7 Å². The van der Waals surface area contributed by atoms with E-state index in [1.165, 1.54) is 0 Å². The predicted molar refractivity (Wildman–Crippen MR) is 223 cm³/mol. The summed E-state index contributed by atoms with van der Waals surface area (Å²) in [5.41, 5.74) is 0.728. The first-order valence-corrected chi connectivity index (χ1v) is 22.8. The first-order chi connectivity index (χ1) is 28.4. The van der Waals surface area contributed by atoms with Crippen LogP contribution in [0.1, 0.15) is 84.0 Å². The van der Waals surface area contributed by atoms with Crippen LogP contribution in [-0.4, -0.2) is 96.5 Å². The summed E-state index contributed by atoms with van der Waals surface area (Å²) in [6, 6.07) is 16.1. The lowest BCUT2D eigenvalue weighted by atomic mass is 9.93. The molecule has 2 aliphatic carbocycles. The molecule has 4 fully saturated rings. The standard InChI is InChI=1S/C45H55N5O8S/c1-29-12-11-21-49(27-29)41(51)22-31-15-7-4-3-5-10-16-32-26-45(32,44(54)48-59(55,56)35-18-19-35)47-42(52)39-24-34(28-50(39)43(31)53)58-40-25-37(30-13-8-6-9-14-30)46-38-23-33(57-2)17-20-36(38)40/h6,8-10,13-14,16-17,20,23,25,29,31-32,34-35,39H,3-5,7,11-12,15,18-19,21-22,24,26-28H2,1-2H3,(H,47,52)(H,48,54)/b16-10-/t29?,31-,32+,34-,39+,45-/m1/s1. The second-order valence-corrected chi connectivity index (χ2v) is 19.2. The van der Waals surface area contributed by atoms with Crippen LogP contribution in [-0.2, 0) is 29.2 Å². The molecule has 6 atom stereocenters. The molecular formula is C45H55N5O8S. The first kappa shape index (κ1) is 40.8. The van der Waals surface area contributed by atoms with Crippen molar-refractivity contribution in [3.63, 3.8) is 0 Å². The summed E-state index contributed by atoms with van der Waals surface area (Å²) in [7, 11) is -2.29. The number of fused-ring (bicyclic) bond motifs is 3. The fourth-order valence-electron chi connectivity index (χ4n) is 9.07. The highest BCUT2D eigenvalue weighted by molar-refractivity contribution is 7.91. The monoisotopic (exact) mass is 825 g/mol. The lowest BCUT2D eigenvalue weighted by Crippen LogP contribution is -2.57. The van der Waals surface area contributed by atoms with E-state index in [0.717, 1.165) is 49.5 Å². The van der Waals surface area contributed by atoms with Crippen molar-refractivity contribution in [2.45, 2.75) is 107 Å². The first-order valence-electron chi connectivity index (χ1n) is 21.3. The van der Waals surface area contributed by atoms with Gasteiger partial charge in [-0.1, -0.05) is 62.2 Å². The van der Waals surface area contributed by atoms with Crippen LogP contribution in [0.3, 0.4) is 0 Å². The third-order valence-corrected chi connectivity index (χ3v) is 14.5. The van der Waals surface area contributed by atoms with Gasteiger partial charge in [-0.3, -0.25) is 23.9 Å². The van der Waals surface area contributed by atoms with Crippen LogP contribution in [0.15, 0.2) is 66.7 Å². The molecule has 0 radical (unpaired) electrons. The number of amides is 4. The molecule has 1 unspecified atom stereocenters. The third kappa shape index (κ3) is 8.97. The maximum atomic E-state index is 14.9. The quantitative estimate of drug-likeness (QED) is 0.264. The molecule has 4 heterocycles. The number of carbonyl (C=O) groups is 4. The number of methoxy groups -OCH3 is 1. The highest BCUT2D eigenvalue weighted by atomic mass is 32.2. The molecule has 14 heteroatoms. The summed E-state index contributed by atoms with van der Waals surface area (Å²) in [5, 5.41) is 3.08. The highest BCUT2D eigenvalue weighted by Gasteiger charge is 2.62. The van der Waals surface area contributed by atoms with Crippen molar-refractivity contribution in [1.29, 1.82) is 0 Å². The van der Waals surface area contributed by atoms with Gasteiger partial charge in [0.2, 0.25) is 27.7 Å². The van der Waals surface area contributed by atoms with E-state index in [9.17, 15) is 27.6 Å². The van der Waals surface area contributed by atoms with Crippen LogP contribution >= 0.6 is 0 Å². The number of sulfonamides is 1. The molecule has 8 rings (SSSR count). The molecule has 2 saturated heterocycles. The van der Waals surface area contributed by atoms with Crippen molar-refractivity contribution in [3.05, 3.63) is 66.7 Å². The number of pyridine rings is 1. The van der Waals surface area contributed by atoms with Gasteiger partial charge in [-0.15, -0.1) is 0 Å². The summed E-state index contributed by atoms with van der Waals surface area (Å²) in [4.78, 5) is 65.6. The van der Waals surface area contributed by atoms with Gasteiger partial charge in [-0.2, -0.15) is 0 Å². The van der Waals surface area contributed by atoms with Crippen LogP contribution in [0.2, 0.25) is 0 Å². The molecule has 1 aromatic heterocycles. The summed E-state index contributed by atoms with van der Waals surface area (Å²) >= 11 is 0. The number of carbonyl (C=O) groups excluding carboxylic acids is 4. The summed E-state index contributed by atoms with van der Waals surface area (Å²) in [6.45, 7) is 3.54. The maximum Gasteiger partial charge on any atom is 0.259 e. The molecule has 3 aliphatic heterocycles. The van der Waals surface area contributed by atoms with Crippen LogP contribution in [0, 0.1) is 17.8 Å². The summed E-state index contributed by atoms with van der Waals surface area (Å²) in [6.07, 6.45) is 10.3. The van der Waals surface area contributed by atoms with E-state index < -0.39 is 56.6 Å². The molecule has 5 aliphatic rings. The number of aromatic nitrogens is 1. The Kier molecular flexibility index (Phi) is 11.7. The number of ether oxygens (including phenoxy) is 2. The molecule has 314 valence electrons. The number of benzene rings is 2. The summed E-state index contributed by atoms with van der Waals surface area (Å²) in [5.74, 6) is -1.17. The van der Waals surface area contributed by atoms with Crippen molar-refractivity contribution in [1.82, 2.24) is 24.8 Å². The lowest BCUT2D eigenvalue weighted by Gasteiger charge is -2.33. The van der Waals surface area contributed by atoms with Crippen LogP contribution < -0.4 is 19.5 Å². The number of allylic oxidation sites excluding steroid dienone is 1. The maximum absolute atomic E-state index is 14.9. The predicted octanol–water partition coefficient (Wildman–Crippen LogP) is 5.53. The minimum Gasteiger partial charge on any atom is -0.497 e. The molecule has 2 aromatic carbocycles. The average Bonchev–Trinajstić information content (AvgIpc) is 4.16. The number of hydrogen-bond acceptors (Lipinski definition) is 9. The van der Waals surface area contributed by atoms with Crippen molar-refractivity contribution >= 4 is 44.6 Å². The van der Waals surface area contributed by atoms with Crippen molar-refractivity contribution in [2.24, 2.45) is 17.8 Å². The van der Waals surface area contributed by atoms with Crippen molar-refractivity contribution in [3.8, 4) is 22.8 Å². The van der Waals surface area contributed by atoms with E-state index in [4.69, 9.17) is 14.5 Å². The van der Waals surface area contributed by atoms with Gasteiger partial charge in [-0.25, -0.2) is 13.4 Å². The van der Waals surface area contributed by atoms with Crippen molar-refractivity contribution < 1.29 is 37.1 Å². The second-order valence-electron chi connectivity index (χ2n) is 17.2. The molecule has 13 nitrogen and oxygen atoms in total. The number of piperidine rings is 1. The molecule has 59 heavy (non-hydrogen) atoms. The number of rotatable bonds is 9. The van der Waals surface area contributed by atoms with Gasteiger partial charge in [0.15, 0.2) is 0 Å². The fourth-order valence-corrected chi connectivity index (χ4v) is 10.4. The Hall–Kier alpha value is -4.98. The Bertz CT molecular complexity index is 2230. The zero-order valence-electron chi connectivity index (χ0n) is 33.9. The Morgan fingerprint density at radius 1 is 0.983 bits per heavy atom. The van der Waals surface area contributed by atoms with E-state index in [1.807, 2.05) is 71.6 Å². The average molecular weight is 826 g/mol. The molecule has 0 bridgehead atoms. The molecular weight excluding hydrogens is 771 g/mol. The van der Waals surface area contributed by atoms with E-state index >= 15 is 0 Å². The lowest BCUT2D eigenvalue weighted by molar-refractivity contribution is -0.146. The van der Waals surface area contributed by atoms with E-state index in [1.54, 1.807) is 12.0 Å². The topological polar surface area (TPSA) is 164 Å². The van der Waals surface area contributed by atoms with Gasteiger partial charge < -0.3 is 24.6 Å². The normalized spacial score (nSPS) is 28.3. The van der Waals surface area contributed by atoms with Gasteiger partial charge in [-0.05, 0) is 69.4 Å². The minimum absolute atomic E-state index is 0.0481. The Labute approximate surface area is 346 Å². The fraction of sp³-hybridized carbons (Fsp3) is 0.533. The molecule has 3 aromatic rings. The zero-order valence-corrected chi connectivity index (χ0v) is 34.8. The molecule has 0 spiro atoms. The number of nitrogens with zero attached hydrogens (tertiary/aromatic N) is 3. The number of nitrogens with one attached hydrogen (secondary N) is 2. The van der Waals surface area contributed by atoms with Gasteiger partial charge in [0.1, 0.15) is 29.2 Å². The Morgan fingerprint density at radius 3 is 2.56 bits per heavy atom.